The molecule has 0 saturated carbocycles. The molecule has 0 aliphatic heterocycles. The van der Waals surface area contributed by atoms with Crippen LogP contribution in [0.3, 0.4) is 0 Å². The van der Waals surface area contributed by atoms with Crippen molar-refractivity contribution >= 4 is 41.7 Å². The highest BCUT2D eigenvalue weighted by atomic mass is 16.5. The van der Waals surface area contributed by atoms with Gasteiger partial charge in [-0.3, -0.25) is 24.0 Å². The Kier molecular flexibility index (Phi) is 16.8. The van der Waals surface area contributed by atoms with Crippen molar-refractivity contribution in [2.45, 2.75) is 77.2 Å². The number of benzene rings is 3. The van der Waals surface area contributed by atoms with E-state index in [1.54, 1.807) is 105 Å². The number of ether oxygens (including phenoxy) is 1. The summed E-state index contributed by atoms with van der Waals surface area (Å²) >= 11 is 0. The number of aliphatic carboxylic acids is 3. The fourth-order valence-electron chi connectivity index (χ4n) is 5.76. The highest BCUT2D eigenvalue weighted by Gasteiger charge is 2.39. The molecule has 3 rings (SSSR count). The van der Waals surface area contributed by atoms with E-state index in [2.05, 4.69) is 21.3 Å². The minimum absolute atomic E-state index is 0.00467. The third-order valence-electron chi connectivity index (χ3n) is 8.69. The first-order valence-electron chi connectivity index (χ1n) is 17.8. The van der Waals surface area contributed by atoms with Gasteiger partial charge in [-0.1, -0.05) is 105 Å². The highest BCUT2D eigenvalue weighted by Crippen LogP contribution is 2.19. The average Bonchev–Trinajstić information content (AvgIpc) is 3.15. The molecule has 15 nitrogen and oxygen atoms in total. The minimum Gasteiger partial charge on any atom is -0.481 e. The van der Waals surface area contributed by atoms with E-state index in [1.165, 1.54) is 6.92 Å². The first-order chi connectivity index (χ1) is 26.1. The lowest BCUT2D eigenvalue weighted by atomic mass is 9.89. The Morgan fingerprint density at radius 3 is 1.55 bits per heavy atom. The predicted octanol–water partition coefficient (Wildman–Crippen LogP) is 3.16. The molecule has 2 unspecified atom stereocenters. The van der Waals surface area contributed by atoms with E-state index >= 15 is 0 Å². The number of carbonyl (C=O) groups excluding carboxylic acids is 4. The summed E-state index contributed by atoms with van der Waals surface area (Å²) in [7, 11) is 0. The first kappa shape index (κ1) is 43.2. The molecule has 0 radical (unpaired) electrons. The van der Waals surface area contributed by atoms with Crippen molar-refractivity contribution in [2.75, 3.05) is 0 Å². The molecule has 6 atom stereocenters. The minimum atomic E-state index is -1.88. The second-order valence-electron chi connectivity index (χ2n) is 13.6. The molecular weight excluding hydrogens is 712 g/mol. The largest absolute Gasteiger partial charge is 0.481 e. The molecule has 4 amide bonds. The monoisotopic (exact) mass is 760 g/mol. The van der Waals surface area contributed by atoms with Crippen LogP contribution in [0, 0.1) is 17.8 Å². The molecule has 0 fully saturated rings. The van der Waals surface area contributed by atoms with Crippen LogP contribution in [0.2, 0.25) is 0 Å². The van der Waals surface area contributed by atoms with Crippen LogP contribution in [0.25, 0.3) is 0 Å². The fraction of sp³-hybridized carbons (Fsp3) is 0.375. The maximum absolute atomic E-state index is 14.2. The third kappa shape index (κ3) is 14.6. The summed E-state index contributed by atoms with van der Waals surface area (Å²) in [6, 6.07) is 19.3. The summed E-state index contributed by atoms with van der Waals surface area (Å²) in [6.45, 7) is 4.68. The third-order valence-corrected chi connectivity index (χ3v) is 8.69. The Labute approximate surface area is 318 Å². The van der Waals surface area contributed by atoms with Gasteiger partial charge < -0.3 is 41.3 Å². The van der Waals surface area contributed by atoms with Crippen LogP contribution in [0.1, 0.15) is 50.3 Å². The Bertz CT molecular complexity index is 1760. The van der Waals surface area contributed by atoms with Gasteiger partial charge in [0.15, 0.2) is 0 Å². The zero-order chi connectivity index (χ0) is 40.5. The molecule has 0 aliphatic carbocycles. The van der Waals surface area contributed by atoms with Crippen LogP contribution in [0.5, 0.6) is 0 Å². The van der Waals surface area contributed by atoms with Crippen molar-refractivity contribution < 1.29 is 53.6 Å². The molecule has 294 valence electrons. The number of alkyl carbamates (subject to hydrolysis) is 1. The van der Waals surface area contributed by atoms with E-state index < -0.39 is 84.1 Å². The molecule has 0 spiro atoms. The standard InChI is InChI=1S/C40H48N4O11/c1-24(2)19-32(39(52)53)43-36(47)33(30(38(50)51)21-27-15-9-5-10-16-27)44-35(46)31(22-29(37(48)49)20-26-13-7-4-8-14-26)42-34(45)25(3)41-40(54)55-23-28-17-11-6-12-18-28/h4-18,24-25,29-33H,19-23H2,1-3H3,(H,41,54)(H,42,45)(H,43,47)(H,44,46)(H,48,49)(H,50,51)(H,52,53)/t25-,29?,30?,31-,32-,33-/m0/s1. The number of carbonyl (C=O) groups is 7. The van der Waals surface area contributed by atoms with Crippen molar-refractivity contribution in [1.82, 2.24) is 21.3 Å². The van der Waals surface area contributed by atoms with Crippen LogP contribution in [0.4, 0.5) is 4.79 Å². The summed E-state index contributed by atoms with van der Waals surface area (Å²) in [6.07, 6.45) is -1.78. The van der Waals surface area contributed by atoms with Gasteiger partial charge in [-0.15, -0.1) is 0 Å². The summed E-state index contributed by atoms with van der Waals surface area (Å²) in [5.41, 5.74) is 1.80. The second-order valence-corrected chi connectivity index (χ2v) is 13.6. The van der Waals surface area contributed by atoms with Crippen LogP contribution in [-0.2, 0) is 53.0 Å². The zero-order valence-corrected chi connectivity index (χ0v) is 30.8. The number of carboxylic acid groups (broad SMARTS) is 3. The van der Waals surface area contributed by atoms with Crippen LogP contribution >= 0.6 is 0 Å². The van der Waals surface area contributed by atoms with Gasteiger partial charge in [0.25, 0.3) is 0 Å². The zero-order valence-electron chi connectivity index (χ0n) is 30.8. The molecular formula is C40H48N4O11. The smallest absolute Gasteiger partial charge is 0.408 e. The van der Waals surface area contributed by atoms with Crippen molar-refractivity contribution in [3.05, 3.63) is 108 Å². The van der Waals surface area contributed by atoms with Gasteiger partial charge in [0, 0.05) is 0 Å². The van der Waals surface area contributed by atoms with Gasteiger partial charge in [-0.25, -0.2) is 9.59 Å². The molecule has 0 aliphatic rings. The van der Waals surface area contributed by atoms with Crippen LogP contribution in [0.15, 0.2) is 91.0 Å². The van der Waals surface area contributed by atoms with E-state index in [-0.39, 0.29) is 31.8 Å². The lowest BCUT2D eigenvalue weighted by Crippen LogP contribution is -2.60. The van der Waals surface area contributed by atoms with Crippen molar-refractivity contribution in [3.8, 4) is 0 Å². The topological polar surface area (TPSA) is 238 Å². The fourth-order valence-corrected chi connectivity index (χ4v) is 5.76. The van der Waals surface area contributed by atoms with Crippen LogP contribution in [-0.4, -0.2) is 81.2 Å². The lowest BCUT2D eigenvalue weighted by Gasteiger charge is -2.29. The maximum Gasteiger partial charge on any atom is 0.408 e. The molecule has 0 bridgehead atoms. The van der Waals surface area contributed by atoms with Crippen LogP contribution < -0.4 is 21.3 Å². The van der Waals surface area contributed by atoms with E-state index in [9.17, 15) is 48.9 Å². The molecule has 55 heavy (non-hydrogen) atoms. The van der Waals surface area contributed by atoms with E-state index in [1.807, 2.05) is 0 Å². The Morgan fingerprint density at radius 2 is 1.05 bits per heavy atom. The van der Waals surface area contributed by atoms with Gasteiger partial charge in [0.05, 0.1) is 11.8 Å². The van der Waals surface area contributed by atoms with Crippen molar-refractivity contribution in [3.63, 3.8) is 0 Å². The summed E-state index contributed by atoms with van der Waals surface area (Å²) in [4.78, 5) is 91.3. The van der Waals surface area contributed by atoms with Gasteiger partial charge in [0.1, 0.15) is 30.8 Å². The molecule has 3 aromatic carbocycles. The summed E-state index contributed by atoms with van der Waals surface area (Å²) in [5.74, 6) is -10.4. The lowest BCUT2D eigenvalue weighted by molar-refractivity contribution is -0.147. The molecule has 3 aromatic rings. The number of carboxylic acids is 3. The second kappa shape index (κ2) is 21.5. The van der Waals surface area contributed by atoms with Crippen molar-refractivity contribution in [1.29, 1.82) is 0 Å². The van der Waals surface area contributed by atoms with Gasteiger partial charge >= 0.3 is 24.0 Å². The van der Waals surface area contributed by atoms with Gasteiger partial charge in [-0.05, 0) is 55.2 Å². The molecule has 15 heteroatoms. The molecule has 0 aromatic heterocycles. The molecule has 0 heterocycles. The SMILES string of the molecule is CC(C)C[C@H](NC(=O)[C@@H](NC(=O)[C@H](CC(Cc1ccccc1)C(=O)O)NC(=O)[C@H](C)NC(=O)OCc1ccccc1)C(Cc1ccccc1)C(=O)O)C(=O)O. The summed E-state index contributed by atoms with van der Waals surface area (Å²) in [5, 5.41) is 39.9. The summed E-state index contributed by atoms with van der Waals surface area (Å²) < 4.78 is 5.18. The normalized spacial score (nSPS) is 14.2. The number of rotatable bonds is 21. The quantitative estimate of drug-likeness (QED) is 0.0833. The maximum atomic E-state index is 14.2. The Morgan fingerprint density at radius 1 is 0.545 bits per heavy atom. The Hall–Kier alpha value is -6.25. The average molecular weight is 761 g/mol. The number of hydrogen-bond acceptors (Lipinski definition) is 8. The predicted molar refractivity (Wildman–Crippen MR) is 199 cm³/mol. The highest BCUT2D eigenvalue weighted by molar-refractivity contribution is 5.96. The molecule has 0 saturated heterocycles. The molecule has 7 N–H and O–H groups in total. The van der Waals surface area contributed by atoms with E-state index in [4.69, 9.17) is 4.74 Å². The number of amides is 4. The first-order valence-corrected chi connectivity index (χ1v) is 17.8. The van der Waals surface area contributed by atoms with Gasteiger partial charge in [0.2, 0.25) is 17.7 Å². The van der Waals surface area contributed by atoms with E-state index in [0.717, 1.165) is 0 Å². The Balaban J connectivity index is 1.94. The van der Waals surface area contributed by atoms with Gasteiger partial charge in [-0.2, -0.15) is 0 Å². The van der Waals surface area contributed by atoms with Crippen molar-refractivity contribution in [2.24, 2.45) is 17.8 Å². The number of nitrogens with one attached hydrogen (secondary N) is 4. The number of hydrogen-bond donors (Lipinski definition) is 7. The van der Waals surface area contributed by atoms with E-state index in [0.29, 0.717) is 16.7 Å².